The number of hydrogen-bond donors (Lipinski definition) is 3. The fraction of sp³-hybridized carbons (Fsp3) is 0.444. The minimum atomic E-state index is -3.88. The monoisotopic (exact) mass is 677 g/mol. The summed E-state index contributed by atoms with van der Waals surface area (Å²) in [7, 11) is -2.05. The van der Waals surface area contributed by atoms with E-state index < -0.39 is 22.0 Å². The lowest BCUT2D eigenvalue weighted by Crippen LogP contribution is -2.33. The van der Waals surface area contributed by atoms with Crippen molar-refractivity contribution in [2.45, 2.75) is 89.5 Å². The molecule has 48 heavy (non-hydrogen) atoms. The van der Waals surface area contributed by atoms with Gasteiger partial charge in [0, 0.05) is 49.8 Å². The van der Waals surface area contributed by atoms with Gasteiger partial charge in [-0.1, -0.05) is 67.5 Å². The van der Waals surface area contributed by atoms with Gasteiger partial charge in [-0.15, -0.1) is 0 Å². The van der Waals surface area contributed by atoms with Crippen LogP contribution in [0.3, 0.4) is 0 Å². The van der Waals surface area contributed by atoms with E-state index in [2.05, 4.69) is 15.1 Å². The second-order valence-corrected chi connectivity index (χ2v) is 14.2. The maximum absolute atomic E-state index is 12.6. The SMILES string of the molecule is Cc1nn(C)c(C)c1CC(=O)Nc1ccc(CS(=O)(=O)NC(=O)CCCCCCN2C(=O)CC[C@@H]2/C=C/[C@@H](O)Cc2ccccc2)cc1. The van der Waals surface area contributed by atoms with Gasteiger partial charge in [0.05, 0.1) is 30.0 Å². The Hall–Kier alpha value is -4.29. The minimum absolute atomic E-state index is 0.0278. The van der Waals surface area contributed by atoms with E-state index in [9.17, 15) is 27.9 Å². The first-order valence-electron chi connectivity index (χ1n) is 16.5. The van der Waals surface area contributed by atoms with Crippen LogP contribution in [0.15, 0.2) is 66.7 Å². The van der Waals surface area contributed by atoms with E-state index in [1.165, 1.54) is 0 Å². The lowest BCUT2D eigenvalue weighted by atomic mass is 10.1. The highest BCUT2D eigenvalue weighted by atomic mass is 32.2. The van der Waals surface area contributed by atoms with Gasteiger partial charge in [0.2, 0.25) is 27.7 Å². The smallest absolute Gasteiger partial charge is 0.239 e. The van der Waals surface area contributed by atoms with Gasteiger partial charge in [-0.25, -0.2) is 8.42 Å². The summed E-state index contributed by atoms with van der Waals surface area (Å²) in [5.41, 5.74) is 4.69. The summed E-state index contributed by atoms with van der Waals surface area (Å²) in [5.74, 6) is -0.992. The van der Waals surface area contributed by atoms with E-state index >= 15 is 0 Å². The van der Waals surface area contributed by atoms with Gasteiger partial charge in [-0.3, -0.25) is 23.8 Å². The number of aromatic nitrogens is 2. The number of carbonyl (C=O) groups excluding carboxylic acids is 3. The summed E-state index contributed by atoms with van der Waals surface area (Å²) >= 11 is 0. The first-order valence-corrected chi connectivity index (χ1v) is 18.2. The largest absolute Gasteiger partial charge is 0.389 e. The normalized spacial score (nSPS) is 15.6. The first-order chi connectivity index (χ1) is 22.9. The van der Waals surface area contributed by atoms with Gasteiger partial charge in [-0.2, -0.15) is 5.10 Å². The predicted octanol–water partition coefficient (Wildman–Crippen LogP) is 4.27. The van der Waals surface area contributed by atoms with Crippen LogP contribution < -0.4 is 10.0 Å². The number of nitrogens with one attached hydrogen (secondary N) is 2. The average molecular weight is 678 g/mol. The van der Waals surface area contributed by atoms with Crippen molar-refractivity contribution in [1.29, 1.82) is 0 Å². The van der Waals surface area contributed by atoms with Crippen molar-refractivity contribution in [1.82, 2.24) is 19.4 Å². The van der Waals surface area contributed by atoms with Gasteiger partial charge >= 0.3 is 0 Å². The quantitative estimate of drug-likeness (QED) is 0.143. The molecule has 3 N–H and O–H groups in total. The van der Waals surface area contributed by atoms with Crippen molar-refractivity contribution in [3.63, 3.8) is 0 Å². The highest BCUT2D eigenvalue weighted by molar-refractivity contribution is 7.89. The van der Waals surface area contributed by atoms with E-state index in [1.54, 1.807) is 35.0 Å². The van der Waals surface area contributed by atoms with Gasteiger partial charge in [0.25, 0.3) is 0 Å². The summed E-state index contributed by atoms with van der Waals surface area (Å²) in [6.07, 6.45) is 7.98. The van der Waals surface area contributed by atoms with E-state index in [0.717, 1.165) is 48.2 Å². The molecule has 0 unspecified atom stereocenters. The van der Waals surface area contributed by atoms with Gasteiger partial charge in [0.15, 0.2) is 0 Å². The molecule has 258 valence electrons. The molecule has 0 saturated carbocycles. The van der Waals surface area contributed by atoms with Crippen molar-refractivity contribution in [3.8, 4) is 0 Å². The van der Waals surface area contributed by atoms with Crippen LogP contribution in [0.1, 0.15) is 73.0 Å². The molecule has 0 radical (unpaired) electrons. The molecular formula is C36H47N5O6S. The van der Waals surface area contributed by atoms with Crippen molar-refractivity contribution < 1.29 is 27.9 Å². The van der Waals surface area contributed by atoms with E-state index in [-0.39, 0.29) is 36.5 Å². The third kappa shape index (κ3) is 11.2. The van der Waals surface area contributed by atoms with Gasteiger partial charge < -0.3 is 15.3 Å². The summed E-state index contributed by atoms with van der Waals surface area (Å²) in [5, 5.41) is 17.5. The molecule has 1 saturated heterocycles. The van der Waals surface area contributed by atoms with Crippen LogP contribution in [0.2, 0.25) is 0 Å². The number of likely N-dealkylation sites (tertiary alicyclic amines) is 1. The van der Waals surface area contributed by atoms with E-state index in [1.807, 2.05) is 62.2 Å². The average Bonchev–Trinajstić information content (AvgIpc) is 3.50. The molecular weight excluding hydrogens is 630 g/mol. The van der Waals surface area contributed by atoms with Crippen molar-refractivity contribution in [3.05, 3.63) is 94.8 Å². The second kappa shape index (κ2) is 17.2. The number of nitrogens with zero attached hydrogens (tertiary/aromatic N) is 3. The second-order valence-electron chi connectivity index (χ2n) is 12.5. The number of aryl methyl sites for hydroxylation is 2. The van der Waals surface area contributed by atoms with Gasteiger partial charge in [0.1, 0.15) is 0 Å². The number of unbranched alkanes of at least 4 members (excludes halogenated alkanes) is 3. The first kappa shape index (κ1) is 36.5. The Balaban J connectivity index is 1.12. The highest BCUT2D eigenvalue weighted by Crippen LogP contribution is 2.22. The number of aliphatic hydroxyl groups excluding tert-OH is 1. The van der Waals surface area contributed by atoms with E-state index in [4.69, 9.17) is 0 Å². The number of rotatable bonds is 17. The molecule has 12 heteroatoms. The third-order valence-electron chi connectivity index (χ3n) is 8.63. The molecule has 11 nitrogen and oxygen atoms in total. The lowest BCUT2D eigenvalue weighted by molar-refractivity contribution is -0.128. The molecule has 2 aromatic carbocycles. The molecule has 1 fully saturated rings. The zero-order valence-corrected chi connectivity index (χ0v) is 28.8. The van der Waals surface area contributed by atoms with E-state index in [0.29, 0.717) is 37.1 Å². The third-order valence-corrected chi connectivity index (χ3v) is 9.88. The number of aliphatic hydroxyl groups is 1. The standard InChI is InChI=1S/C36H47N5O6S/c1-26-33(27(2)40(3)38-26)24-35(44)37-30-16-14-29(15-17-30)25-48(46,47)39-34(43)13-9-4-5-10-22-41-31(19-21-36(41)45)18-20-32(42)23-28-11-7-6-8-12-28/h6-8,11-12,14-18,20,31-32,42H,4-5,9-10,13,19,21-25H2,1-3H3,(H,37,44)(H,39,43)/b20-18+/t31-,32+/m0/s1. The summed E-state index contributed by atoms with van der Waals surface area (Å²) < 4.78 is 29.1. The highest BCUT2D eigenvalue weighted by Gasteiger charge is 2.28. The molecule has 4 rings (SSSR count). The number of amides is 3. The molecule has 1 aliphatic rings. The Bertz CT molecular complexity index is 1690. The van der Waals surface area contributed by atoms with Crippen LogP contribution in [0, 0.1) is 13.8 Å². The lowest BCUT2D eigenvalue weighted by Gasteiger charge is -2.22. The van der Waals surface area contributed by atoms with Crippen molar-refractivity contribution in [2.75, 3.05) is 11.9 Å². The van der Waals surface area contributed by atoms with Crippen LogP contribution >= 0.6 is 0 Å². The van der Waals surface area contributed by atoms with Crippen LogP contribution in [-0.2, 0) is 50.0 Å². The fourth-order valence-corrected chi connectivity index (χ4v) is 7.10. The number of benzene rings is 2. The van der Waals surface area contributed by atoms with Crippen molar-refractivity contribution >= 4 is 33.4 Å². The number of sulfonamides is 1. The number of anilines is 1. The number of hydrogen-bond acceptors (Lipinski definition) is 7. The van der Waals surface area contributed by atoms with Crippen LogP contribution in [0.25, 0.3) is 0 Å². The molecule has 2 atom stereocenters. The molecule has 0 bridgehead atoms. The zero-order chi connectivity index (χ0) is 34.7. The molecule has 3 amide bonds. The molecule has 1 aromatic heterocycles. The maximum atomic E-state index is 12.6. The summed E-state index contributed by atoms with van der Waals surface area (Å²) in [6.45, 7) is 4.38. The fourth-order valence-electron chi connectivity index (χ4n) is 5.95. The summed E-state index contributed by atoms with van der Waals surface area (Å²) in [4.78, 5) is 39.2. The Labute approximate surface area is 283 Å². The Kier molecular flexibility index (Phi) is 13.1. The minimum Gasteiger partial charge on any atom is -0.389 e. The molecule has 3 aromatic rings. The van der Waals surface area contributed by atoms with Crippen LogP contribution in [0.4, 0.5) is 5.69 Å². The maximum Gasteiger partial charge on any atom is 0.239 e. The Morgan fingerprint density at radius 2 is 1.71 bits per heavy atom. The topological polar surface area (TPSA) is 151 Å². The molecule has 0 spiro atoms. The van der Waals surface area contributed by atoms with Crippen LogP contribution in [0.5, 0.6) is 0 Å². The zero-order valence-electron chi connectivity index (χ0n) is 28.0. The molecule has 0 aliphatic carbocycles. The molecule has 1 aliphatic heterocycles. The Morgan fingerprint density at radius 3 is 2.40 bits per heavy atom. The Morgan fingerprint density at radius 1 is 1.00 bits per heavy atom. The van der Waals surface area contributed by atoms with Crippen LogP contribution in [-0.4, -0.2) is 64.6 Å². The predicted molar refractivity (Wildman–Crippen MR) is 185 cm³/mol. The number of carbonyl (C=O) groups is 3. The van der Waals surface area contributed by atoms with Crippen molar-refractivity contribution in [2.24, 2.45) is 7.05 Å². The summed E-state index contributed by atoms with van der Waals surface area (Å²) in [6, 6.07) is 16.2. The molecule has 2 heterocycles. The van der Waals surface area contributed by atoms with Gasteiger partial charge in [-0.05, 0) is 56.4 Å².